The summed E-state index contributed by atoms with van der Waals surface area (Å²) in [5.74, 6) is 3.21. The first-order chi connectivity index (χ1) is 10.3. The van der Waals surface area contributed by atoms with Crippen LogP contribution in [-0.2, 0) is 6.42 Å². The molecule has 1 saturated heterocycles. The Morgan fingerprint density at radius 3 is 2.95 bits per heavy atom. The van der Waals surface area contributed by atoms with Crippen molar-refractivity contribution < 1.29 is 4.52 Å². The maximum atomic E-state index is 5.49. The van der Waals surface area contributed by atoms with Crippen LogP contribution in [0.4, 0.5) is 0 Å². The van der Waals surface area contributed by atoms with Crippen molar-refractivity contribution in [3.05, 3.63) is 11.7 Å². The quantitative estimate of drug-likeness (QED) is 0.896. The van der Waals surface area contributed by atoms with Crippen LogP contribution in [0.1, 0.15) is 82.3 Å². The maximum Gasteiger partial charge on any atom is 0.226 e. The minimum atomic E-state index is 0.536. The molecule has 1 N–H and O–H groups in total. The van der Waals surface area contributed by atoms with E-state index in [1.165, 1.54) is 57.9 Å². The van der Waals surface area contributed by atoms with E-state index in [2.05, 4.69) is 22.4 Å². The molecule has 1 saturated carbocycles. The number of hydrogen-bond acceptors (Lipinski definition) is 4. The molecule has 118 valence electrons. The highest BCUT2D eigenvalue weighted by Crippen LogP contribution is 2.36. The first kappa shape index (κ1) is 15.0. The van der Waals surface area contributed by atoms with Crippen LogP contribution < -0.4 is 5.32 Å². The van der Waals surface area contributed by atoms with E-state index in [1.54, 1.807) is 0 Å². The van der Waals surface area contributed by atoms with Gasteiger partial charge in [-0.2, -0.15) is 4.98 Å². The molecule has 4 nitrogen and oxygen atoms in total. The van der Waals surface area contributed by atoms with E-state index in [9.17, 15) is 0 Å². The lowest BCUT2D eigenvalue weighted by atomic mass is 9.80. The van der Waals surface area contributed by atoms with Crippen LogP contribution in [0.3, 0.4) is 0 Å². The molecule has 4 heteroatoms. The van der Waals surface area contributed by atoms with Gasteiger partial charge in [0.05, 0.1) is 0 Å². The number of piperidine rings is 1. The van der Waals surface area contributed by atoms with E-state index in [1.807, 2.05) is 0 Å². The van der Waals surface area contributed by atoms with E-state index in [4.69, 9.17) is 4.52 Å². The third-order valence-corrected chi connectivity index (χ3v) is 5.33. The van der Waals surface area contributed by atoms with Crippen molar-refractivity contribution in [2.24, 2.45) is 5.92 Å². The van der Waals surface area contributed by atoms with E-state index >= 15 is 0 Å². The topological polar surface area (TPSA) is 51.0 Å². The first-order valence-corrected chi connectivity index (χ1v) is 8.91. The second kappa shape index (κ2) is 7.39. The molecule has 0 aromatic carbocycles. The molecular weight excluding hydrogens is 262 g/mol. The first-order valence-electron chi connectivity index (χ1n) is 8.91. The van der Waals surface area contributed by atoms with E-state index in [-0.39, 0.29) is 0 Å². The van der Waals surface area contributed by atoms with Gasteiger partial charge in [-0.3, -0.25) is 0 Å². The molecule has 1 aromatic rings. The summed E-state index contributed by atoms with van der Waals surface area (Å²) in [7, 11) is 0. The smallest absolute Gasteiger partial charge is 0.226 e. The standard InChI is InChI=1S/C17H29N3O/c1-2-13-6-5-7-14(12-13)17-19-16(21-20-17)10-9-15-8-3-4-11-18-15/h13-15,18H,2-12H2,1H3. The van der Waals surface area contributed by atoms with Crippen LogP contribution in [0.25, 0.3) is 0 Å². The molecule has 3 atom stereocenters. The summed E-state index contributed by atoms with van der Waals surface area (Å²) < 4.78 is 5.49. The van der Waals surface area contributed by atoms with Gasteiger partial charge in [0.1, 0.15) is 0 Å². The summed E-state index contributed by atoms with van der Waals surface area (Å²) in [5.41, 5.74) is 0. The van der Waals surface area contributed by atoms with Gasteiger partial charge in [-0.15, -0.1) is 0 Å². The fourth-order valence-electron chi connectivity index (χ4n) is 3.90. The number of rotatable bonds is 5. The fraction of sp³-hybridized carbons (Fsp3) is 0.882. The molecule has 2 heterocycles. The largest absolute Gasteiger partial charge is 0.339 e. The third kappa shape index (κ3) is 4.06. The molecule has 1 aliphatic carbocycles. The van der Waals surface area contributed by atoms with Gasteiger partial charge in [0.25, 0.3) is 0 Å². The van der Waals surface area contributed by atoms with Gasteiger partial charge < -0.3 is 9.84 Å². The lowest BCUT2D eigenvalue weighted by molar-refractivity contribution is 0.297. The highest BCUT2D eigenvalue weighted by molar-refractivity contribution is 4.98. The van der Waals surface area contributed by atoms with Crippen molar-refractivity contribution in [1.29, 1.82) is 0 Å². The normalized spacial score (nSPS) is 30.4. The zero-order valence-corrected chi connectivity index (χ0v) is 13.3. The minimum Gasteiger partial charge on any atom is -0.339 e. The predicted molar refractivity (Wildman–Crippen MR) is 83.3 cm³/mol. The molecular formula is C17H29N3O. The van der Waals surface area contributed by atoms with Crippen LogP contribution in [-0.4, -0.2) is 22.7 Å². The van der Waals surface area contributed by atoms with Gasteiger partial charge in [-0.05, 0) is 44.6 Å². The van der Waals surface area contributed by atoms with Crippen molar-refractivity contribution in [3.8, 4) is 0 Å². The zero-order valence-electron chi connectivity index (χ0n) is 13.3. The van der Waals surface area contributed by atoms with Gasteiger partial charge in [-0.25, -0.2) is 0 Å². The lowest BCUT2D eigenvalue weighted by Crippen LogP contribution is -2.34. The van der Waals surface area contributed by atoms with Crippen molar-refractivity contribution in [2.45, 2.75) is 83.1 Å². The summed E-state index contributed by atoms with van der Waals surface area (Å²) in [6.45, 7) is 3.46. The number of hydrogen-bond donors (Lipinski definition) is 1. The Hall–Kier alpha value is -0.900. The average molecular weight is 291 g/mol. The van der Waals surface area contributed by atoms with Crippen molar-refractivity contribution >= 4 is 0 Å². The lowest BCUT2D eigenvalue weighted by Gasteiger charge is -2.26. The Morgan fingerprint density at radius 2 is 2.14 bits per heavy atom. The Labute approximate surface area is 128 Å². The van der Waals surface area contributed by atoms with Crippen LogP contribution in [0.5, 0.6) is 0 Å². The number of nitrogens with zero attached hydrogens (tertiary/aromatic N) is 2. The van der Waals surface area contributed by atoms with Gasteiger partial charge >= 0.3 is 0 Å². The highest BCUT2D eigenvalue weighted by Gasteiger charge is 2.26. The summed E-state index contributed by atoms with van der Waals surface area (Å²) in [5, 5.41) is 7.85. The molecule has 0 amide bonds. The minimum absolute atomic E-state index is 0.536. The van der Waals surface area contributed by atoms with Crippen LogP contribution in [0.15, 0.2) is 4.52 Å². The molecule has 3 rings (SSSR count). The van der Waals surface area contributed by atoms with Gasteiger partial charge in [0.15, 0.2) is 5.82 Å². The third-order valence-electron chi connectivity index (χ3n) is 5.33. The molecule has 0 radical (unpaired) electrons. The van der Waals surface area contributed by atoms with Crippen LogP contribution in [0, 0.1) is 5.92 Å². The molecule has 0 spiro atoms. The SMILES string of the molecule is CCC1CCCC(c2noc(CCC3CCCCN3)n2)C1. The summed E-state index contributed by atoms with van der Waals surface area (Å²) in [6.07, 6.45) is 12.5. The average Bonchev–Trinajstić information content (AvgIpc) is 3.03. The van der Waals surface area contributed by atoms with Gasteiger partial charge in [0, 0.05) is 18.4 Å². The predicted octanol–water partition coefficient (Wildman–Crippen LogP) is 3.83. The van der Waals surface area contributed by atoms with E-state index in [0.29, 0.717) is 12.0 Å². The van der Waals surface area contributed by atoms with Gasteiger partial charge in [0.2, 0.25) is 5.89 Å². The van der Waals surface area contributed by atoms with E-state index in [0.717, 1.165) is 30.5 Å². The molecule has 2 fully saturated rings. The van der Waals surface area contributed by atoms with E-state index < -0.39 is 0 Å². The Bertz CT molecular complexity index is 425. The number of aryl methyl sites for hydroxylation is 1. The van der Waals surface area contributed by atoms with Crippen LogP contribution >= 0.6 is 0 Å². The molecule has 3 unspecified atom stereocenters. The Balaban J connectivity index is 1.50. The second-order valence-electron chi connectivity index (χ2n) is 6.87. The second-order valence-corrected chi connectivity index (χ2v) is 6.87. The summed E-state index contributed by atoms with van der Waals surface area (Å²) in [6, 6.07) is 0.647. The van der Waals surface area contributed by atoms with Crippen LogP contribution in [0.2, 0.25) is 0 Å². The molecule has 21 heavy (non-hydrogen) atoms. The fourth-order valence-corrected chi connectivity index (χ4v) is 3.90. The van der Waals surface area contributed by atoms with Gasteiger partial charge in [-0.1, -0.05) is 37.8 Å². The van der Waals surface area contributed by atoms with Crippen molar-refractivity contribution in [2.75, 3.05) is 6.54 Å². The van der Waals surface area contributed by atoms with Crippen molar-refractivity contribution in [3.63, 3.8) is 0 Å². The zero-order chi connectivity index (χ0) is 14.5. The number of nitrogens with one attached hydrogen (secondary N) is 1. The molecule has 1 aromatic heterocycles. The summed E-state index contributed by atoms with van der Waals surface area (Å²) in [4.78, 5) is 4.68. The molecule has 0 bridgehead atoms. The number of aromatic nitrogens is 2. The molecule has 1 aliphatic heterocycles. The van der Waals surface area contributed by atoms with Crippen molar-refractivity contribution in [1.82, 2.24) is 15.5 Å². The summed E-state index contributed by atoms with van der Waals surface area (Å²) >= 11 is 0. The highest BCUT2D eigenvalue weighted by atomic mass is 16.5. The Morgan fingerprint density at radius 1 is 1.19 bits per heavy atom. The monoisotopic (exact) mass is 291 g/mol. The maximum absolute atomic E-state index is 5.49. The molecule has 2 aliphatic rings. The Kier molecular flexibility index (Phi) is 5.28.